The van der Waals surface area contributed by atoms with Crippen LogP contribution in [0.1, 0.15) is 33.6 Å². The number of nitrogens with one attached hydrogen (secondary N) is 2. The van der Waals surface area contributed by atoms with Gasteiger partial charge < -0.3 is 10.4 Å². The lowest BCUT2D eigenvalue weighted by Crippen LogP contribution is -2.66. The summed E-state index contributed by atoms with van der Waals surface area (Å²) in [4.78, 5) is 24.7. The van der Waals surface area contributed by atoms with Crippen LogP contribution >= 0.6 is 0 Å². The Morgan fingerprint density at radius 3 is 2.53 bits per heavy atom. The molecule has 0 saturated carbocycles. The Hall–Kier alpha value is -1.14. The molecule has 19 heavy (non-hydrogen) atoms. The number of aliphatic hydroxyl groups is 1. The number of carbonyl (C=O) groups is 2. The zero-order chi connectivity index (χ0) is 14.5. The van der Waals surface area contributed by atoms with Crippen molar-refractivity contribution in [1.82, 2.24) is 15.5 Å². The van der Waals surface area contributed by atoms with Crippen LogP contribution in [0, 0.1) is 5.92 Å². The molecule has 0 unspecified atom stereocenters. The molecule has 0 bridgehead atoms. The molecule has 0 radical (unpaired) electrons. The predicted octanol–water partition coefficient (Wildman–Crippen LogP) is 0.315. The number of hydrogen-bond acceptors (Lipinski definition) is 4. The second-order valence-corrected chi connectivity index (χ2v) is 5.56. The van der Waals surface area contributed by atoms with Gasteiger partial charge in [0.25, 0.3) is 0 Å². The van der Waals surface area contributed by atoms with E-state index in [0.717, 1.165) is 12.8 Å². The summed E-state index contributed by atoms with van der Waals surface area (Å²) in [6, 6.07) is -0.446. The smallest absolute Gasteiger partial charge is 0.321 e. The van der Waals surface area contributed by atoms with Crippen molar-refractivity contribution in [2.45, 2.75) is 39.2 Å². The number of nitrogens with zero attached hydrogens (tertiary/aromatic N) is 1. The third-order valence-electron chi connectivity index (χ3n) is 3.51. The summed E-state index contributed by atoms with van der Waals surface area (Å²) in [5, 5.41) is 14.9. The standard InChI is InChI=1S/C13H25N3O3/c1-4-5-6-14-12(18)15-11(17)7-16-8-13(19,9-16)10(2)3/h10,19H,4-9H2,1-3H3,(H2,14,15,17,18). The fourth-order valence-corrected chi connectivity index (χ4v) is 2.00. The molecule has 1 aliphatic heterocycles. The van der Waals surface area contributed by atoms with Crippen LogP contribution in [0.4, 0.5) is 4.79 Å². The molecule has 1 heterocycles. The highest BCUT2D eigenvalue weighted by Crippen LogP contribution is 2.27. The van der Waals surface area contributed by atoms with Gasteiger partial charge in [-0.3, -0.25) is 15.0 Å². The number of β-amino-alcohol motifs (C(OH)–C–C–N with tert-alkyl or cyclic N) is 1. The van der Waals surface area contributed by atoms with E-state index in [9.17, 15) is 14.7 Å². The predicted molar refractivity (Wildman–Crippen MR) is 72.7 cm³/mol. The third-order valence-corrected chi connectivity index (χ3v) is 3.51. The molecule has 0 aromatic rings. The minimum Gasteiger partial charge on any atom is -0.387 e. The van der Waals surface area contributed by atoms with E-state index < -0.39 is 11.6 Å². The molecule has 1 saturated heterocycles. The average Bonchev–Trinajstić information content (AvgIpc) is 2.26. The van der Waals surface area contributed by atoms with Gasteiger partial charge in [-0.25, -0.2) is 4.79 Å². The Labute approximate surface area is 114 Å². The minimum absolute atomic E-state index is 0.149. The van der Waals surface area contributed by atoms with Crippen LogP contribution in [0.5, 0.6) is 0 Å². The second-order valence-electron chi connectivity index (χ2n) is 5.56. The maximum Gasteiger partial charge on any atom is 0.321 e. The van der Waals surface area contributed by atoms with Crippen LogP contribution in [-0.2, 0) is 4.79 Å². The first kappa shape index (κ1) is 15.9. The molecule has 0 aromatic heterocycles. The van der Waals surface area contributed by atoms with E-state index in [1.165, 1.54) is 0 Å². The van der Waals surface area contributed by atoms with E-state index in [1.54, 1.807) is 0 Å². The molecular formula is C13H25N3O3. The van der Waals surface area contributed by atoms with Crippen LogP contribution in [0.15, 0.2) is 0 Å². The first-order chi connectivity index (χ1) is 8.87. The number of unbranched alkanes of at least 4 members (excludes halogenated alkanes) is 1. The highest BCUT2D eigenvalue weighted by atomic mass is 16.3. The van der Waals surface area contributed by atoms with Crippen molar-refractivity contribution in [3.63, 3.8) is 0 Å². The quantitative estimate of drug-likeness (QED) is 0.608. The molecule has 0 aromatic carbocycles. The molecule has 6 heteroatoms. The highest BCUT2D eigenvalue weighted by molar-refractivity contribution is 5.95. The Balaban J connectivity index is 2.18. The van der Waals surface area contributed by atoms with Crippen LogP contribution < -0.4 is 10.6 Å². The van der Waals surface area contributed by atoms with Gasteiger partial charge in [-0.15, -0.1) is 0 Å². The summed E-state index contributed by atoms with van der Waals surface area (Å²) in [5.41, 5.74) is -0.691. The molecule has 0 aliphatic carbocycles. The lowest BCUT2D eigenvalue weighted by Gasteiger charge is -2.48. The number of rotatable bonds is 6. The van der Waals surface area contributed by atoms with E-state index in [-0.39, 0.29) is 18.4 Å². The normalized spacial score (nSPS) is 17.9. The first-order valence-electron chi connectivity index (χ1n) is 6.90. The number of amides is 3. The summed E-state index contributed by atoms with van der Waals surface area (Å²) in [6.07, 6.45) is 1.89. The highest BCUT2D eigenvalue weighted by Gasteiger charge is 2.43. The van der Waals surface area contributed by atoms with Crippen molar-refractivity contribution in [2.75, 3.05) is 26.2 Å². The van der Waals surface area contributed by atoms with Crippen molar-refractivity contribution in [2.24, 2.45) is 5.92 Å². The van der Waals surface area contributed by atoms with Gasteiger partial charge in [-0.1, -0.05) is 27.2 Å². The number of carbonyl (C=O) groups excluding carboxylic acids is 2. The first-order valence-corrected chi connectivity index (χ1v) is 6.90. The average molecular weight is 271 g/mol. The minimum atomic E-state index is -0.691. The molecule has 1 rings (SSSR count). The summed E-state index contributed by atoms with van der Waals surface area (Å²) >= 11 is 0. The molecule has 0 atom stereocenters. The van der Waals surface area contributed by atoms with Crippen molar-refractivity contribution in [1.29, 1.82) is 0 Å². The SMILES string of the molecule is CCCCNC(=O)NC(=O)CN1CC(O)(C(C)C)C1. The summed E-state index contributed by atoms with van der Waals surface area (Å²) in [7, 11) is 0. The molecule has 3 amide bonds. The van der Waals surface area contributed by atoms with Gasteiger partial charge in [-0.2, -0.15) is 0 Å². The topological polar surface area (TPSA) is 81.7 Å². The van der Waals surface area contributed by atoms with Gasteiger partial charge in [0.2, 0.25) is 5.91 Å². The van der Waals surface area contributed by atoms with E-state index in [4.69, 9.17) is 0 Å². The van der Waals surface area contributed by atoms with Gasteiger partial charge in [0, 0.05) is 19.6 Å². The van der Waals surface area contributed by atoms with E-state index in [2.05, 4.69) is 10.6 Å². The maximum atomic E-state index is 11.6. The monoisotopic (exact) mass is 271 g/mol. The number of hydrogen-bond donors (Lipinski definition) is 3. The largest absolute Gasteiger partial charge is 0.387 e. The van der Waals surface area contributed by atoms with Gasteiger partial charge in [0.1, 0.15) is 0 Å². The van der Waals surface area contributed by atoms with E-state index >= 15 is 0 Å². The van der Waals surface area contributed by atoms with Crippen LogP contribution in [-0.4, -0.2) is 53.7 Å². The molecule has 0 spiro atoms. The Bertz CT molecular complexity index is 325. The van der Waals surface area contributed by atoms with Crippen LogP contribution in [0.2, 0.25) is 0 Å². The van der Waals surface area contributed by atoms with Crippen molar-refractivity contribution in [3.05, 3.63) is 0 Å². The van der Waals surface area contributed by atoms with Crippen LogP contribution in [0.25, 0.3) is 0 Å². The second kappa shape index (κ2) is 6.86. The van der Waals surface area contributed by atoms with Gasteiger partial charge in [-0.05, 0) is 12.3 Å². The van der Waals surface area contributed by atoms with E-state index in [1.807, 2.05) is 25.7 Å². The molecule has 1 aliphatic rings. The van der Waals surface area contributed by atoms with Gasteiger partial charge in [0.15, 0.2) is 0 Å². The summed E-state index contributed by atoms with van der Waals surface area (Å²) in [6.45, 7) is 7.63. The number of urea groups is 1. The van der Waals surface area contributed by atoms with Crippen molar-refractivity contribution in [3.8, 4) is 0 Å². The maximum absolute atomic E-state index is 11.6. The fraction of sp³-hybridized carbons (Fsp3) is 0.846. The Morgan fingerprint density at radius 2 is 2.00 bits per heavy atom. The lowest BCUT2D eigenvalue weighted by molar-refractivity contribution is -0.141. The molecule has 110 valence electrons. The summed E-state index contributed by atoms with van der Waals surface area (Å²) < 4.78 is 0. The Morgan fingerprint density at radius 1 is 1.37 bits per heavy atom. The van der Waals surface area contributed by atoms with E-state index in [0.29, 0.717) is 19.6 Å². The van der Waals surface area contributed by atoms with Gasteiger partial charge in [0.05, 0.1) is 12.1 Å². The lowest BCUT2D eigenvalue weighted by atomic mass is 9.83. The molecule has 6 nitrogen and oxygen atoms in total. The Kier molecular flexibility index (Phi) is 5.75. The molecular weight excluding hydrogens is 246 g/mol. The number of imide groups is 1. The van der Waals surface area contributed by atoms with Crippen LogP contribution in [0.3, 0.4) is 0 Å². The van der Waals surface area contributed by atoms with Crippen molar-refractivity contribution >= 4 is 11.9 Å². The number of likely N-dealkylation sites (tertiary alicyclic amines) is 1. The zero-order valence-electron chi connectivity index (χ0n) is 12.0. The fourth-order valence-electron chi connectivity index (χ4n) is 2.00. The summed E-state index contributed by atoms with van der Waals surface area (Å²) in [5.74, 6) is -0.163. The van der Waals surface area contributed by atoms with Crippen molar-refractivity contribution < 1.29 is 14.7 Å². The third kappa shape index (κ3) is 4.80. The molecule has 3 N–H and O–H groups in total. The zero-order valence-corrected chi connectivity index (χ0v) is 12.0. The van der Waals surface area contributed by atoms with Gasteiger partial charge >= 0.3 is 6.03 Å². The molecule has 1 fully saturated rings.